The first-order valence-electron chi connectivity index (χ1n) is 3.62. The van der Waals surface area contributed by atoms with Crippen molar-refractivity contribution in [3.8, 4) is 11.4 Å². The third-order valence-electron chi connectivity index (χ3n) is 1.47. The minimum atomic E-state index is 0.676. The fourth-order valence-corrected chi connectivity index (χ4v) is 1.34. The lowest BCUT2D eigenvalue weighted by Crippen LogP contribution is -1.91. The normalized spacial score (nSPS) is 9.92. The molecule has 0 saturated carbocycles. The van der Waals surface area contributed by atoms with Gasteiger partial charge >= 0.3 is 0 Å². The van der Waals surface area contributed by atoms with Crippen LogP contribution in [0.2, 0.25) is 0 Å². The Labute approximate surface area is 83.2 Å². The molecular formula is C8H5BrN4. The Hall–Kier alpha value is -1.36. The maximum absolute atomic E-state index is 4.14. The molecular weight excluding hydrogens is 232 g/mol. The zero-order valence-corrected chi connectivity index (χ0v) is 8.14. The lowest BCUT2D eigenvalue weighted by atomic mass is 10.3. The van der Waals surface area contributed by atoms with Crippen LogP contribution in [0.1, 0.15) is 0 Å². The van der Waals surface area contributed by atoms with Gasteiger partial charge in [-0.25, -0.2) is 4.98 Å². The van der Waals surface area contributed by atoms with Gasteiger partial charge in [-0.1, -0.05) is 0 Å². The Morgan fingerprint density at radius 3 is 2.62 bits per heavy atom. The van der Waals surface area contributed by atoms with Crippen LogP contribution >= 0.6 is 15.9 Å². The number of aromatic nitrogens is 4. The molecule has 0 aliphatic rings. The van der Waals surface area contributed by atoms with Gasteiger partial charge in [-0.2, -0.15) is 5.10 Å². The molecule has 13 heavy (non-hydrogen) atoms. The molecule has 0 saturated heterocycles. The van der Waals surface area contributed by atoms with Gasteiger partial charge in [0.25, 0.3) is 0 Å². The van der Waals surface area contributed by atoms with Gasteiger partial charge in [0.1, 0.15) is 16.0 Å². The number of nitrogens with zero attached hydrogens (tertiary/aromatic N) is 4. The quantitative estimate of drug-likeness (QED) is 0.757. The molecule has 0 aliphatic heterocycles. The Morgan fingerprint density at radius 1 is 1.08 bits per heavy atom. The molecule has 0 amide bonds. The molecule has 0 aromatic carbocycles. The van der Waals surface area contributed by atoms with Crippen LogP contribution in [0.4, 0.5) is 0 Å². The number of halogens is 1. The van der Waals surface area contributed by atoms with Gasteiger partial charge in [-0.3, -0.25) is 4.98 Å². The summed E-state index contributed by atoms with van der Waals surface area (Å²) < 4.78 is 0.676. The van der Waals surface area contributed by atoms with Gasteiger partial charge in [-0.15, -0.1) is 5.10 Å². The van der Waals surface area contributed by atoms with E-state index in [2.05, 4.69) is 36.1 Å². The maximum atomic E-state index is 4.14. The zero-order valence-electron chi connectivity index (χ0n) is 6.55. The molecule has 5 heteroatoms. The van der Waals surface area contributed by atoms with Crippen LogP contribution < -0.4 is 0 Å². The summed E-state index contributed by atoms with van der Waals surface area (Å²) in [4.78, 5) is 8.18. The van der Waals surface area contributed by atoms with E-state index in [1.54, 1.807) is 18.6 Å². The summed E-state index contributed by atoms with van der Waals surface area (Å²) in [6.07, 6.45) is 4.85. The number of rotatable bonds is 1. The molecule has 2 rings (SSSR count). The minimum Gasteiger partial charge on any atom is -0.250 e. The van der Waals surface area contributed by atoms with Gasteiger partial charge in [0.15, 0.2) is 0 Å². The van der Waals surface area contributed by atoms with Gasteiger partial charge in [0.05, 0.1) is 0 Å². The van der Waals surface area contributed by atoms with Crippen molar-refractivity contribution in [2.75, 3.05) is 0 Å². The summed E-state index contributed by atoms with van der Waals surface area (Å²) in [5.41, 5.74) is 1.41. The van der Waals surface area contributed by atoms with Crippen LogP contribution in [-0.2, 0) is 0 Å². The van der Waals surface area contributed by atoms with E-state index in [9.17, 15) is 0 Å². The Morgan fingerprint density at radius 2 is 1.92 bits per heavy atom. The van der Waals surface area contributed by atoms with E-state index in [1.165, 1.54) is 0 Å². The lowest BCUT2D eigenvalue weighted by Gasteiger charge is -1.98. The SMILES string of the molecule is Brc1nccnc1-c1cccnn1. The standard InChI is InChI=1S/C8H5BrN4/c9-8-7(10-4-5-11-8)6-2-1-3-12-13-6/h1-5H. The van der Waals surface area contributed by atoms with Gasteiger partial charge in [-0.05, 0) is 28.1 Å². The molecule has 4 nitrogen and oxygen atoms in total. The molecule has 2 aromatic rings. The smallest absolute Gasteiger partial charge is 0.134 e. The first kappa shape index (κ1) is 8.25. The van der Waals surface area contributed by atoms with Crippen molar-refractivity contribution in [2.45, 2.75) is 0 Å². The number of hydrogen-bond acceptors (Lipinski definition) is 4. The number of hydrogen-bond donors (Lipinski definition) is 0. The molecule has 0 N–H and O–H groups in total. The summed E-state index contributed by atoms with van der Waals surface area (Å²) in [6.45, 7) is 0. The van der Waals surface area contributed by atoms with Crippen molar-refractivity contribution < 1.29 is 0 Å². The van der Waals surface area contributed by atoms with E-state index in [-0.39, 0.29) is 0 Å². The largest absolute Gasteiger partial charge is 0.250 e. The van der Waals surface area contributed by atoms with E-state index in [0.29, 0.717) is 16.0 Å². The topological polar surface area (TPSA) is 51.6 Å². The lowest BCUT2D eigenvalue weighted by molar-refractivity contribution is 1.02. The highest BCUT2D eigenvalue weighted by molar-refractivity contribution is 9.10. The van der Waals surface area contributed by atoms with Crippen molar-refractivity contribution in [3.05, 3.63) is 35.3 Å². The first-order chi connectivity index (χ1) is 6.38. The molecule has 0 fully saturated rings. The van der Waals surface area contributed by atoms with E-state index in [4.69, 9.17) is 0 Å². The average molecular weight is 237 g/mol. The van der Waals surface area contributed by atoms with E-state index in [0.717, 1.165) is 0 Å². The van der Waals surface area contributed by atoms with Gasteiger partial charge in [0.2, 0.25) is 0 Å². The Kier molecular flexibility index (Phi) is 2.27. The van der Waals surface area contributed by atoms with E-state index >= 15 is 0 Å². The highest BCUT2D eigenvalue weighted by Gasteiger charge is 2.05. The van der Waals surface area contributed by atoms with Gasteiger partial charge in [0, 0.05) is 18.6 Å². The van der Waals surface area contributed by atoms with Crippen molar-refractivity contribution in [1.82, 2.24) is 20.2 Å². The molecule has 0 bridgehead atoms. The van der Waals surface area contributed by atoms with Crippen molar-refractivity contribution in [3.63, 3.8) is 0 Å². The van der Waals surface area contributed by atoms with Crippen LogP contribution in [0.15, 0.2) is 35.3 Å². The summed E-state index contributed by atoms with van der Waals surface area (Å²) in [5, 5.41) is 7.69. The average Bonchev–Trinajstić information content (AvgIpc) is 2.20. The fourth-order valence-electron chi connectivity index (χ4n) is 0.921. The molecule has 2 aromatic heterocycles. The molecule has 0 radical (unpaired) electrons. The van der Waals surface area contributed by atoms with Gasteiger partial charge < -0.3 is 0 Å². The zero-order chi connectivity index (χ0) is 9.10. The second-order valence-electron chi connectivity index (χ2n) is 2.30. The molecule has 0 spiro atoms. The van der Waals surface area contributed by atoms with Crippen LogP contribution in [0.5, 0.6) is 0 Å². The maximum Gasteiger partial charge on any atom is 0.134 e. The van der Waals surface area contributed by atoms with Crippen LogP contribution in [0.25, 0.3) is 11.4 Å². The Balaban J connectivity index is 2.54. The summed E-state index contributed by atoms with van der Waals surface area (Å²) in [5.74, 6) is 0. The molecule has 0 aliphatic carbocycles. The van der Waals surface area contributed by atoms with E-state index in [1.807, 2.05) is 12.1 Å². The molecule has 64 valence electrons. The molecule has 0 atom stereocenters. The van der Waals surface area contributed by atoms with Crippen LogP contribution in [0.3, 0.4) is 0 Å². The third kappa shape index (κ3) is 1.70. The Bertz CT molecular complexity index is 404. The second kappa shape index (κ2) is 3.57. The summed E-state index contributed by atoms with van der Waals surface area (Å²) >= 11 is 3.29. The predicted molar refractivity (Wildman–Crippen MR) is 50.8 cm³/mol. The highest BCUT2D eigenvalue weighted by atomic mass is 79.9. The minimum absolute atomic E-state index is 0.676. The molecule has 0 unspecified atom stereocenters. The highest BCUT2D eigenvalue weighted by Crippen LogP contribution is 2.20. The molecule has 2 heterocycles. The van der Waals surface area contributed by atoms with Crippen molar-refractivity contribution in [1.29, 1.82) is 0 Å². The third-order valence-corrected chi connectivity index (χ3v) is 2.05. The van der Waals surface area contributed by atoms with Crippen LogP contribution in [0, 0.1) is 0 Å². The second-order valence-corrected chi connectivity index (χ2v) is 3.06. The monoisotopic (exact) mass is 236 g/mol. The summed E-state index contributed by atoms with van der Waals surface area (Å²) in [6, 6.07) is 3.64. The van der Waals surface area contributed by atoms with Crippen LogP contribution in [-0.4, -0.2) is 20.2 Å². The predicted octanol–water partition coefficient (Wildman–Crippen LogP) is 1.70. The fraction of sp³-hybridized carbons (Fsp3) is 0. The van der Waals surface area contributed by atoms with E-state index < -0.39 is 0 Å². The summed E-state index contributed by atoms with van der Waals surface area (Å²) in [7, 11) is 0. The van der Waals surface area contributed by atoms with Crippen molar-refractivity contribution >= 4 is 15.9 Å². The first-order valence-corrected chi connectivity index (χ1v) is 4.42. The van der Waals surface area contributed by atoms with Crippen molar-refractivity contribution in [2.24, 2.45) is 0 Å².